The summed E-state index contributed by atoms with van der Waals surface area (Å²) in [6, 6.07) is 0. The van der Waals surface area contributed by atoms with Crippen LogP contribution in [0.5, 0.6) is 0 Å². The molecule has 0 unspecified atom stereocenters. The van der Waals surface area contributed by atoms with Gasteiger partial charge in [0, 0.05) is 26.3 Å². The lowest BCUT2D eigenvalue weighted by Gasteiger charge is -2.41. The van der Waals surface area contributed by atoms with Crippen molar-refractivity contribution in [1.82, 2.24) is 14.7 Å². The van der Waals surface area contributed by atoms with Crippen molar-refractivity contribution in [1.29, 1.82) is 0 Å². The normalized spacial score (nSPS) is 27.9. The maximum atomic E-state index is 12.4. The predicted octanol–water partition coefficient (Wildman–Crippen LogP) is 2.07. The maximum absolute atomic E-state index is 12.4. The Bertz CT molecular complexity index is 440. The first-order chi connectivity index (χ1) is 8.74. The molecule has 2 fully saturated rings. The summed E-state index contributed by atoms with van der Waals surface area (Å²) in [5, 5.41) is 4.08. The van der Waals surface area contributed by atoms with E-state index in [0.717, 1.165) is 30.5 Å². The van der Waals surface area contributed by atoms with Crippen molar-refractivity contribution in [3.63, 3.8) is 0 Å². The Balaban J connectivity index is 1.68. The first kappa shape index (κ1) is 11.8. The fraction of sp³-hybridized carbons (Fsp3) is 0.714. The van der Waals surface area contributed by atoms with Crippen LogP contribution in [0.2, 0.25) is 0 Å². The lowest BCUT2D eigenvalue weighted by atomic mass is 9.75. The second kappa shape index (κ2) is 4.75. The minimum atomic E-state index is 0.159. The smallest absolute Gasteiger partial charge is 0.257 e. The molecule has 1 amide bonds. The number of likely N-dealkylation sites (tertiary alicyclic amines) is 1. The highest BCUT2D eigenvalue weighted by molar-refractivity contribution is 5.93. The summed E-state index contributed by atoms with van der Waals surface area (Å²) in [6.45, 7) is 1.88. The van der Waals surface area contributed by atoms with Crippen molar-refractivity contribution in [3.8, 4) is 0 Å². The van der Waals surface area contributed by atoms with Crippen LogP contribution in [0.3, 0.4) is 0 Å². The minimum Gasteiger partial charge on any atom is -0.338 e. The number of rotatable bonds is 1. The highest BCUT2D eigenvalue weighted by Crippen LogP contribution is 2.36. The number of fused-ring (bicyclic) bond motifs is 1. The van der Waals surface area contributed by atoms with Gasteiger partial charge in [-0.25, -0.2) is 0 Å². The summed E-state index contributed by atoms with van der Waals surface area (Å²) in [5.41, 5.74) is 0.728. The molecule has 1 aliphatic heterocycles. The van der Waals surface area contributed by atoms with Gasteiger partial charge >= 0.3 is 0 Å². The van der Waals surface area contributed by atoms with Crippen molar-refractivity contribution >= 4 is 5.91 Å². The first-order valence-corrected chi connectivity index (χ1v) is 7.02. The number of piperidine rings is 1. The van der Waals surface area contributed by atoms with Gasteiger partial charge in [0.15, 0.2) is 0 Å². The fourth-order valence-corrected chi connectivity index (χ4v) is 3.50. The lowest BCUT2D eigenvalue weighted by molar-refractivity contribution is 0.0521. The number of hydrogen-bond donors (Lipinski definition) is 0. The second-order valence-corrected chi connectivity index (χ2v) is 5.75. The largest absolute Gasteiger partial charge is 0.338 e. The summed E-state index contributed by atoms with van der Waals surface area (Å²) in [5.74, 6) is 1.77. The molecule has 18 heavy (non-hydrogen) atoms. The van der Waals surface area contributed by atoms with Crippen molar-refractivity contribution in [3.05, 3.63) is 18.0 Å². The van der Waals surface area contributed by atoms with Gasteiger partial charge in [0.25, 0.3) is 5.91 Å². The summed E-state index contributed by atoms with van der Waals surface area (Å²) in [4.78, 5) is 14.4. The standard InChI is InChI=1S/C14H21N3O/c1-16-9-13(8-15-16)14(18)17-7-6-11-4-2-3-5-12(11)10-17/h8-9,11-12H,2-7,10H2,1H3/t11-,12+/m0/s1. The van der Waals surface area contributed by atoms with E-state index in [1.807, 2.05) is 18.1 Å². The molecule has 2 aliphatic rings. The zero-order chi connectivity index (χ0) is 12.5. The number of nitrogens with zero attached hydrogens (tertiary/aromatic N) is 3. The van der Waals surface area contributed by atoms with E-state index < -0.39 is 0 Å². The van der Waals surface area contributed by atoms with E-state index in [-0.39, 0.29) is 5.91 Å². The molecule has 1 aromatic heterocycles. The van der Waals surface area contributed by atoms with Gasteiger partial charge < -0.3 is 4.90 Å². The second-order valence-electron chi connectivity index (χ2n) is 5.75. The number of hydrogen-bond acceptors (Lipinski definition) is 2. The van der Waals surface area contributed by atoms with E-state index in [1.165, 1.54) is 32.1 Å². The van der Waals surface area contributed by atoms with E-state index >= 15 is 0 Å². The van der Waals surface area contributed by atoms with Gasteiger partial charge in [-0.05, 0) is 24.7 Å². The van der Waals surface area contributed by atoms with Crippen LogP contribution in [0.25, 0.3) is 0 Å². The van der Waals surface area contributed by atoms with Crippen LogP contribution in [-0.2, 0) is 7.05 Å². The third-order valence-electron chi connectivity index (χ3n) is 4.53. The average Bonchev–Trinajstić information content (AvgIpc) is 2.84. The van der Waals surface area contributed by atoms with Gasteiger partial charge in [-0.2, -0.15) is 5.10 Å². The Morgan fingerprint density at radius 2 is 2.06 bits per heavy atom. The van der Waals surface area contributed by atoms with Gasteiger partial charge in [0.1, 0.15) is 0 Å². The molecule has 4 nitrogen and oxygen atoms in total. The average molecular weight is 247 g/mol. The van der Waals surface area contributed by atoms with Gasteiger partial charge in [0.2, 0.25) is 0 Å². The molecule has 1 saturated carbocycles. The monoisotopic (exact) mass is 247 g/mol. The number of aromatic nitrogens is 2. The third-order valence-corrected chi connectivity index (χ3v) is 4.53. The Labute approximate surface area is 108 Å². The molecule has 4 heteroatoms. The molecule has 1 aromatic rings. The first-order valence-electron chi connectivity index (χ1n) is 7.02. The molecular weight excluding hydrogens is 226 g/mol. The third kappa shape index (κ3) is 2.16. The van der Waals surface area contributed by atoms with Gasteiger partial charge in [-0.1, -0.05) is 19.3 Å². The molecular formula is C14H21N3O. The predicted molar refractivity (Wildman–Crippen MR) is 69.2 cm³/mol. The zero-order valence-electron chi connectivity index (χ0n) is 11.0. The summed E-state index contributed by atoms with van der Waals surface area (Å²) >= 11 is 0. The topological polar surface area (TPSA) is 38.1 Å². The highest BCUT2D eigenvalue weighted by Gasteiger charge is 2.33. The number of carbonyl (C=O) groups excluding carboxylic acids is 1. The molecule has 3 rings (SSSR count). The van der Waals surface area contributed by atoms with Crippen molar-refractivity contribution in [2.45, 2.75) is 32.1 Å². The van der Waals surface area contributed by atoms with Crippen molar-refractivity contribution in [2.75, 3.05) is 13.1 Å². The molecule has 0 spiro atoms. The minimum absolute atomic E-state index is 0.159. The van der Waals surface area contributed by atoms with Crippen molar-refractivity contribution in [2.24, 2.45) is 18.9 Å². The van der Waals surface area contributed by atoms with Crippen LogP contribution in [0.15, 0.2) is 12.4 Å². The van der Waals surface area contributed by atoms with Crippen LogP contribution in [0.1, 0.15) is 42.5 Å². The lowest BCUT2D eigenvalue weighted by Crippen LogP contribution is -2.44. The molecule has 0 bridgehead atoms. The molecule has 1 aliphatic carbocycles. The molecule has 98 valence electrons. The SMILES string of the molecule is Cn1cc(C(=O)N2CC[C@@H]3CCCC[C@@H]3C2)cn1. The Morgan fingerprint density at radius 3 is 2.78 bits per heavy atom. The fourth-order valence-electron chi connectivity index (χ4n) is 3.50. The van der Waals surface area contributed by atoms with Crippen LogP contribution in [-0.4, -0.2) is 33.7 Å². The summed E-state index contributed by atoms with van der Waals surface area (Å²) in [6.07, 6.45) is 10.1. The van der Waals surface area contributed by atoms with E-state index in [9.17, 15) is 4.79 Å². The van der Waals surface area contributed by atoms with Crippen LogP contribution in [0.4, 0.5) is 0 Å². The molecule has 2 atom stereocenters. The molecule has 0 aromatic carbocycles. The Hall–Kier alpha value is -1.32. The zero-order valence-corrected chi connectivity index (χ0v) is 11.0. The van der Waals surface area contributed by atoms with Crippen LogP contribution in [0, 0.1) is 11.8 Å². The van der Waals surface area contributed by atoms with E-state index in [0.29, 0.717) is 0 Å². The number of aryl methyl sites for hydroxylation is 1. The summed E-state index contributed by atoms with van der Waals surface area (Å²) < 4.78 is 1.70. The molecule has 0 N–H and O–H groups in total. The quantitative estimate of drug-likeness (QED) is 0.762. The van der Waals surface area contributed by atoms with Gasteiger partial charge in [0.05, 0.1) is 11.8 Å². The molecule has 1 saturated heterocycles. The highest BCUT2D eigenvalue weighted by atomic mass is 16.2. The Kier molecular flexibility index (Phi) is 3.10. The van der Waals surface area contributed by atoms with E-state index in [4.69, 9.17) is 0 Å². The van der Waals surface area contributed by atoms with E-state index in [1.54, 1.807) is 10.9 Å². The molecule has 2 heterocycles. The van der Waals surface area contributed by atoms with Gasteiger partial charge in [-0.3, -0.25) is 9.48 Å². The van der Waals surface area contributed by atoms with Crippen molar-refractivity contribution < 1.29 is 4.79 Å². The van der Waals surface area contributed by atoms with Crippen LogP contribution >= 0.6 is 0 Å². The maximum Gasteiger partial charge on any atom is 0.257 e. The molecule has 0 radical (unpaired) electrons. The summed E-state index contributed by atoms with van der Waals surface area (Å²) in [7, 11) is 1.85. The Morgan fingerprint density at radius 1 is 1.28 bits per heavy atom. The van der Waals surface area contributed by atoms with Gasteiger partial charge in [-0.15, -0.1) is 0 Å². The number of carbonyl (C=O) groups is 1. The number of amides is 1. The van der Waals surface area contributed by atoms with Crippen LogP contribution < -0.4 is 0 Å². The van der Waals surface area contributed by atoms with E-state index in [2.05, 4.69) is 5.10 Å².